The molecule has 3 nitrogen and oxygen atoms in total. The van der Waals surface area contributed by atoms with E-state index in [9.17, 15) is 0 Å². The summed E-state index contributed by atoms with van der Waals surface area (Å²) in [5, 5.41) is 3.30. The zero-order valence-electron chi connectivity index (χ0n) is 7.22. The second kappa shape index (κ2) is 5.65. The van der Waals surface area contributed by atoms with Gasteiger partial charge in [0, 0.05) is 25.7 Å². The van der Waals surface area contributed by atoms with Gasteiger partial charge in [0.15, 0.2) is 0 Å². The Bertz CT molecular complexity index is 73.3. The van der Waals surface area contributed by atoms with Gasteiger partial charge in [0.25, 0.3) is 0 Å². The van der Waals surface area contributed by atoms with Gasteiger partial charge in [-0.15, -0.1) is 0 Å². The van der Waals surface area contributed by atoms with Crippen LogP contribution in [0.15, 0.2) is 0 Å². The van der Waals surface area contributed by atoms with Crippen molar-refractivity contribution >= 4 is 0 Å². The van der Waals surface area contributed by atoms with Gasteiger partial charge in [-0.1, -0.05) is 0 Å². The van der Waals surface area contributed by atoms with Gasteiger partial charge < -0.3 is 16.0 Å². The van der Waals surface area contributed by atoms with Crippen molar-refractivity contribution < 1.29 is 0 Å². The van der Waals surface area contributed by atoms with Crippen LogP contribution in [0.3, 0.4) is 0 Å². The minimum absolute atomic E-state index is 0.444. The molecule has 0 aliphatic heterocycles. The molecule has 62 valence electrons. The van der Waals surface area contributed by atoms with Gasteiger partial charge in [-0.05, 0) is 21.0 Å². The average Bonchev–Trinajstić information content (AvgIpc) is 1.87. The van der Waals surface area contributed by atoms with Gasteiger partial charge in [0.1, 0.15) is 0 Å². The highest BCUT2D eigenvalue weighted by atomic mass is 15.1. The number of nitrogens with two attached hydrogens (primary N) is 1. The maximum atomic E-state index is 5.41. The number of hydrogen-bond donors (Lipinski definition) is 2. The predicted octanol–water partition coefficient (Wildman–Crippen LogP) is -0.515. The fourth-order valence-electron chi connectivity index (χ4n) is 0.618. The summed E-state index contributed by atoms with van der Waals surface area (Å²) >= 11 is 0. The van der Waals surface area contributed by atoms with Crippen molar-refractivity contribution in [2.45, 2.75) is 13.0 Å². The van der Waals surface area contributed by atoms with E-state index in [0.29, 0.717) is 12.6 Å². The van der Waals surface area contributed by atoms with E-state index in [-0.39, 0.29) is 0 Å². The predicted molar refractivity (Wildman–Crippen MR) is 45.1 cm³/mol. The zero-order valence-corrected chi connectivity index (χ0v) is 7.22. The fraction of sp³-hybridized carbons (Fsp3) is 1.00. The van der Waals surface area contributed by atoms with Gasteiger partial charge in [-0.2, -0.15) is 0 Å². The molecule has 0 heterocycles. The van der Waals surface area contributed by atoms with Crippen LogP contribution in [-0.2, 0) is 0 Å². The minimum Gasteiger partial charge on any atom is -0.329 e. The maximum absolute atomic E-state index is 5.41. The summed E-state index contributed by atoms with van der Waals surface area (Å²) in [6, 6.07) is 0.444. The summed E-state index contributed by atoms with van der Waals surface area (Å²) in [5.74, 6) is 0. The highest BCUT2D eigenvalue weighted by Crippen LogP contribution is 1.76. The molecular weight excluding hydrogens is 126 g/mol. The molecule has 0 radical (unpaired) electrons. The molecule has 0 aromatic rings. The topological polar surface area (TPSA) is 41.3 Å². The second-order valence-corrected chi connectivity index (χ2v) is 2.89. The van der Waals surface area contributed by atoms with Gasteiger partial charge in [-0.25, -0.2) is 0 Å². The van der Waals surface area contributed by atoms with Crippen molar-refractivity contribution in [1.82, 2.24) is 10.2 Å². The standard InChI is InChI=1S/C7H19N3/c1-7(6-8)9-4-5-10(2)3/h7,9H,4-6,8H2,1-3H3/t7-/m1/s1. The summed E-state index contributed by atoms with van der Waals surface area (Å²) in [6.45, 7) is 4.90. The quantitative estimate of drug-likeness (QED) is 0.547. The molecule has 0 bridgehead atoms. The summed E-state index contributed by atoms with van der Waals surface area (Å²) in [5.41, 5.74) is 5.41. The summed E-state index contributed by atoms with van der Waals surface area (Å²) < 4.78 is 0. The van der Waals surface area contributed by atoms with Crippen LogP contribution >= 0.6 is 0 Å². The Labute approximate surface area is 63.6 Å². The second-order valence-electron chi connectivity index (χ2n) is 2.89. The van der Waals surface area contributed by atoms with Crippen molar-refractivity contribution in [1.29, 1.82) is 0 Å². The lowest BCUT2D eigenvalue weighted by molar-refractivity contribution is 0.388. The molecule has 0 rings (SSSR count). The molecule has 1 atom stereocenters. The minimum atomic E-state index is 0.444. The van der Waals surface area contributed by atoms with E-state index in [1.54, 1.807) is 0 Å². The average molecular weight is 145 g/mol. The number of rotatable bonds is 5. The third-order valence-corrected chi connectivity index (χ3v) is 1.41. The third-order valence-electron chi connectivity index (χ3n) is 1.41. The van der Waals surface area contributed by atoms with Gasteiger partial charge in [0.05, 0.1) is 0 Å². The maximum Gasteiger partial charge on any atom is 0.0162 e. The summed E-state index contributed by atoms with van der Waals surface area (Å²) in [7, 11) is 4.13. The first-order chi connectivity index (χ1) is 4.66. The number of nitrogens with one attached hydrogen (secondary N) is 1. The Kier molecular flexibility index (Phi) is 5.58. The van der Waals surface area contributed by atoms with Crippen molar-refractivity contribution in [3.05, 3.63) is 0 Å². The number of hydrogen-bond acceptors (Lipinski definition) is 3. The molecule has 0 aliphatic rings. The molecule has 0 fully saturated rings. The molecule has 0 amide bonds. The molecule has 10 heavy (non-hydrogen) atoms. The normalized spacial score (nSPS) is 14.1. The van der Waals surface area contributed by atoms with Crippen molar-refractivity contribution in [3.63, 3.8) is 0 Å². The van der Waals surface area contributed by atoms with Crippen LogP contribution in [0, 0.1) is 0 Å². The highest BCUT2D eigenvalue weighted by Gasteiger charge is 1.95. The molecule has 0 aromatic carbocycles. The van der Waals surface area contributed by atoms with Crippen LogP contribution in [0.5, 0.6) is 0 Å². The molecule has 0 aliphatic carbocycles. The fourth-order valence-corrected chi connectivity index (χ4v) is 0.618. The van der Waals surface area contributed by atoms with E-state index >= 15 is 0 Å². The Morgan fingerprint density at radius 1 is 1.50 bits per heavy atom. The Hall–Kier alpha value is -0.120. The van der Waals surface area contributed by atoms with E-state index < -0.39 is 0 Å². The SMILES string of the molecule is C[C@H](CN)NCCN(C)C. The van der Waals surface area contributed by atoms with Crippen LogP contribution in [0.25, 0.3) is 0 Å². The molecule has 0 aromatic heterocycles. The number of nitrogens with zero attached hydrogens (tertiary/aromatic N) is 1. The van der Waals surface area contributed by atoms with E-state index in [4.69, 9.17) is 5.73 Å². The van der Waals surface area contributed by atoms with E-state index in [2.05, 4.69) is 31.2 Å². The van der Waals surface area contributed by atoms with Gasteiger partial charge >= 0.3 is 0 Å². The van der Waals surface area contributed by atoms with Gasteiger partial charge in [-0.3, -0.25) is 0 Å². The number of likely N-dealkylation sites (N-methyl/N-ethyl adjacent to an activating group) is 1. The van der Waals surface area contributed by atoms with Crippen molar-refractivity contribution in [2.24, 2.45) is 5.73 Å². The van der Waals surface area contributed by atoms with Crippen LogP contribution in [-0.4, -0.2) is 44.7 Å². The highest BCUT2D eigenvalue weighted by molar-refractivity contribution is 4.60. The molecule has 0 saturated heterocycles. The Balaban J connectivity index is 3.03. The Morgan fingerprint density at radius 3 is 2.50 bits per heavy atom. The van der Waals surface area contributed by atoms with Crippen molar-refractivity contribution in [3.8, 4) is 0 Å². The van der Waals surface area contributed by atoms with Crippen LogP contribution in [0.2, 0.25) is 0 Å². The largest absolute Gasteiger partial charge is 0.329 e. The van der Waals surface area contributed by atoms with Crippen LogP contribution in [0.4, 0.5) is 0 Å². The Morgan fingerprint density at radius 2 is 2.10 bits per heavy atom. The lowest BCUT2D eigenvalue weighted by Gasteiger charge is -2.13. The van der Waals surface area contributed by atoms with E-state index in [1.165, 1.54) is 0 Å². The first kappa shape index (κ1) is 9.88. The van der Waals surface area contributed by atoms with Crippen LogP contribution < -0.4 is 11.1 Å². The molecular formula is C7H19N3. The lowest BCUT2D eigenvalue weighted by Crippen LogP contribution is -2.37. The van der Waals surface area contributed by atoms with E-state index in [1.807, 2.05) is 0 Å². The van der Waals surface area contributed by atoms with E-state index in [0.717, 1.165) is 13.1 Å². The molecule has 3 N–H and O–H groups in total. The summed E-state index contributed by atoms with van der Waals surface area (Å²) in [6.07, 6.45) is 0. The molecule has 0 unspecified atom stereocenters. The zero-order chi connectivity index (χ0) is 7.98. The smallest absolute Gasteiger partial charge is 0.0162 e. The summed E-state index contributed by atoms with van der Waals surface area (Å²) in [4.78, 5) is 2.15. The van der Waals surface area contributed by atoms with Crippen molar-refractivity contribution in [2.75, 3.05) is 33.7 Å². The molecule has 3 heteroatoms. The molecule has 0 saturated carbocycles. The third kappa shape index (κ3) is 6.01. The molecule has 0 spiro atoms. The lowest BCUT2D eigenvalue weighted by atomic mass is 10.3. The van der Waals surface area contributed by atoms with Crippen LogP contribution in [0.1, 0.15) is 6.92 Å². The first-order valence-corrected chi connectivity index (χ1v) is 3.75. The van der Waals surface area contributed by atoms with Gasteiger partial charge in [0.2, 0.25) is 0 Å². The monoisotopic (exact) mass is 145 g/mol. The first-order valence-electron chi connectivity index (χ1n) is 3.75.